The Morgan fingerprint density at radius 2 is 1.83 bits per heavy atom. The van der Waals surface area contributed by atoms with E-state index >= 15 is 0 Å². The van der Waals surface area contributed by atoms with Gasteiger partial charge < -0.3 is 14.8 Å². The van der Waals surface area contributed by atoms with E-state index in [0.717, 1.165) is 5.56 Å². The van der Waals surface area contributed by atoms with Crippen LogP contribution in [0, 0.1) is 11.3 Å². The molecule has 1 N–H and O–H groups in total. The number of benzene rings is 2. The van der Waals surface area contributed by atoms with Crippen molar-refractivity contribution in [3.05, 3.63) is 52.5 Å². The molecule has 0 aliphatic rings. The number of anilines is 1. The number of nitrogens with zero attached hydrogens (tertiary/aromatic N) is 1. The second kappa shape index (κ2) is 8.23. The molecule has 0 heterocycles. The van der Waals surface area contributed by atoms with Crippen LogP contribution in [-0.2, 0) is 11.2 Å². The Labute approximate surface area is 145 Å². The minimum Gasteiger partial charge on any atom is -0.495 e. The highest BCUT2D eigenvalue weighted by molar-refractivity contribution is 6.32. The number of halogens is 1. The average Bonchev–Trinajstić information content (AvgIpc) is 2.61. The fourth-order valence-electron chi connectivity index (χ4n) is 2.17. The van der Waals surface area contributed by atoms with Gasteiger partial charge >= 0.3 is 0 Å². The molecule has 0 unspecified atom stereocenters. The summed E-state index contributed by atoms with van der Waals surface area (Å²) in [6, 6.07) is 12.4. The largest absolute Gasteiger partial charge is 0.495 e. The van der Waals surface area contributed by atoms with Crippen LogP contribution >= 0.6 is 11.6 Å². The fraction of sp³-hybridized carbons (Fsp3) is 0.222. The molecule has 6 heteroatoms. The van der Waals surface area contributed by atoms with Crippen LogP contribution in [0.2, 0.25) is 5.02 Å². The molecule has 0 aliphatic heterocycles. The zero-order valence-electron chi connectivity index (χ0n) is 13.4. The van der Waals surface area contributed by atoms with Gasteiger partial charge in [0.05, 0.1) is 36.6 Å². The number of methoxy groups -OCH3 is 2. The summed E-state index contributed by atoms with van der Waals surface area (Å²) in [6.45, 7) is 0. The Kier molecular flexibility index (Phi) is 6.05. The van der Waals surface area contributed by atoms with Gasteiger partial charge in [-0.1, -0.05) is 23.7 Å². The number of hydrogen-bond acceptors (Lipinski definition) is 4. The van der Waals surface area contributed by atoms with Gasteiger partial charge in [-0.3, -0.25) is 4.79 Å². The maximum absolute atomic E-state index is 12.2. The van der Waals surface area contributed by atoms with Crippen LogP contribution < -0.4 is 14.8 Å². The minimum atomic E-state index is -0.151. The van der Waals surface area contributed by atoms with E-state index in [4.69, 9.17) is 26.3 Å². The summed E-state index contributed by atoms with van der Waals surface area (Å²) in [5.41, 5.74) is 2.09. The first-order valence-electron chi connectivity index (χ1n) is 7.27. The lowest BCUT2D eigenvalue weighted by Gasteiger charge is -2.13. The molecule has 5 nitrogen and oxygen atoms in total. The van der Waals surface area contributed by atoms with Gasteiger partial charge in [0.1, 0.15) is 11.5 Å². The Morgan fingerprint density at radius 1 is 1.17 bits per heavy atom. The summed E-state index contributed by atoms with van der Waals surface area (Å²) in [5.74, 6) is 0.773. The predicted octanol–water partition coefficient (Wildman–Crippen LogP) is 3.80. The third-order valence-corrected chi connectivity index (χ3v) is 3.77. The molecular formula is C18H17ClN2O3. The maximum atomic E-state index is 12.2. The number of aryl methyl sites for hydroxylation is 1. The lowest BCUT2D eigenvalue weighted by atomic mass is 10.1. The molecule has 2 rings (SSSR count). The van der Waals surface area contributed by atoms with E-state index in [2.05, 4.69) is 11.4 Å². The summed E-state index contributed by atoms with van der Waals surface area (Å²) in [7, 11) is 3.01. The molecular weight excluding hydrogens is 328 g/mol. The first-order chi connectivity index (χ1) is 11.6. The van der Waals surface area contributed by atoms with E-state index in [9.17, 15) is 4.79 Å². The minimum absolute atomic E-state index is 0.151. The number of nitriles is 1. The molecule has 24 heavy (non-hydrogen) atoms. The van der Waals surface area contributed by atoms with E-state index in [0.29, 0.717) is 40.6 Å². The SMILES string of the molecule is COc1cc(NC(=O)CCc2ccc(C#N)cc2)c(OC)cc1Cl. The van der Waals surface area contributed by atoms with Gasteiger partial charge in [0.25, 0.3) is 0 Å². The van der Waals surface area contributed by atoms with Crippen molar-refractivity contribution >= 4 is 23.2 Å². The van der Waals surface area contributed by atoms with Crippen LogP contribution in [-0.4, -0.2) is 20.1 Å². The Morgan fingerprint density at radius 3 is 2.42 bits per heavy atom. The lowest BCUT2D eigenvalue weighted by Crippen LogP contribution is -2.13. The number of rotatable bonds is 6. The molecule has 2 aromatic carbocycles. The van der Waals surface area contributed by atoms with E-state index in [1.165, 1.54) is 14.2 Å². The smallest absolute Gasteiger partial charge is 0.224 e. The molecule has 1 amide bonds. The van der Waals surface area contributed by atoms with Gasteiger partial charge in [-0.25, -0.2) is 0 Å². The second-order valence-corrected chi connectivity index (χ2v) is 5.45. The number of nitrogens with one attached hydrogen (secondary N) is 1. The Hall–Kier alpha value is -2.71. The van der Waals surface area contributed by atoms with Gasteiger partial charge in [0, 0.05) is 18.6 Å². The highest BCUT2D eigenvalue weighted by atomic mass is 35.5. The van der Waals surface area contributed by atoms with Crippen molar-refractivity contribution in [2.24, 2.45) is 0 Å². The van der Waals surface area contributed by atoms with Crippen LogP contribution in [0.5, 0.6) is 11.5 Å². The third-order valence-electron chi connectivity index (χ3n) is 3.47. The summed E-state index contributed by atoms with van der Waals surface area (Å²) >= 11 is 6.04. The number of amides is 1. The van der Waals surface area contributed by atoms with Crippen molar-refractivity contribution < 1.29 is 14.3 Å². The van der Waals surface area contributed by atoms with Crippen molar-refractivity contribution in [1.29, 1.82) is 5.26 Å². The van der Waals surface area contributed by atoms with Crippen LogP contribution in [0.15, 0.2) is 36.4 Å². The predicted molar refractivity (Wildman–Crippen MR) is 92.7 cm³/mol. The van der Waals surface area contributed by atoms with E-state index in [1.807, 2.05) is 12.1 Å². The van der Waals surface area contributed by atoms with Crippen molar-refractivity contribution in [3.63, 3.8) is 0 Å². The van der Waals surface area contributed by atoms with Crippen LogP contribution in [0.3, 0.4) is 0 Å². The Bertz CT molecular complexity index is 767. The molecule has 0 bridgehead atoms. The summed E-state index contributed by atoms with van der Waals surface area (Å²) in [6.07, 6.45) is 0.880. The van der Waals surface area contributed by atoms with Crippen molar-refractivity contribution in [2.75, 3.05) is 19.5 Å². The second-order valence-electron chi connectivity index (χ2n) is 5.04. The van der Waals surface area contributed by atoms with Gasteiger partial charge in [-0.2, -0.15) is 5.26 Å². The number of hydrogen-bond donors (Lipinski definition) is 1. The number of carbonyl (C=O) groups is 1. The first kappa shape index (κ1) is 17.6. The molecule has 124 valence electrons. The van der Waals surface area contributed by atoms with Gasteiger partial charge in [-0.15, -0.1) is 0 Å². The molecule has 0 spiro atoms. The highest BCUT2D eigenvalue weighted by Crippen LogP contribution is 2.35. The first-order valence-corrected chi connectivity index (χ1v) is 7.65. The average molecular weight is 345 g/mol. The summed E-state index contributed by atoms with van der Waals surface area (Å²) in [5, 5.41) is 12.0. The molecule has 0 saturated carbocycles. The van der Waals surface area contributed by atoms with E-state index < -0.39 is 0 Å². The number of carbonyl (C=O) groups excluding carboxylic acids is 1. The molecule has 2 aromatic rings. The van der Waals surface area contributed by atoms with E-state index in [1.54, 1.807) is 24.3 Å². The third kappa shape index (κ3) is 4.40. The van der Waals surface area contributed by atoms with Crippen molar-refractivity contribution in [1.82, 2.24) is 0 Å². The normalized spacial score (nSPS) is 9.92. The van der Waals surface area contributed by atoms with Gasteiger partial charge in [0.15, 0.2) is 0 Å². The van der Waals surface area contributed by atoms with Crippen LogP contribution in [0.1, 0.15) is 17.5 Å². The van der Waals surface area contributed by atoms with Gasteiger partial charge in [-0.05, 0) is 24.1 Å². The van der Waals surface area contributed by atoms with E-state index in [-0.39, 0.29) is 5.91 Å². The zero-order valence-corrected chi connectivity index (χ0v) is 14.2. The Balaban J connectivity index is 2.02. The molecule has 0 aliphatic carbocycles. The van der Waals surface area contributed by atoms with Crippen LogP contribution in [0.25, 0.3) is 0 Å². The van der Waals surface area contributed by atoms with Crippen molar-refractivity contribution in [3.8, 4) is 17.6 Å². The van der Waals surface area contributed by atoms with Crippen molar-refractivity contribution in [2.45, 2.75) is 12.8 Å². The molecule has 0 aromatic heterocycles. The summed E-state index contributed by atoms with van der Waals surface area (Å²) in [4.78, 5) is 12.2. The highest BCUT2D eigenvalue weighted by Gasteiger charge is 2.12. The quantitative estimate of drug-likeness (QED) is 0.865. The lowest BCUT2D eigenvalue weighted by molar-refractivity contribution is -0.116. The zero-order chi connectivity index (χ0) is 17.5. The topological polar surface area (TPSA) is 71.3 Å². The molecule has 0 saturated heterocycles. The molecule has 0 atom stereocenters. The molecule has 0 radical (unpaired) electrons. The monoisotopic (exact) mass is 344 g/mol. The van der Waals surface area contributed by atoms with Gasteiger partial charge in [0.2, 0.25) is 5.91 Å². The standard InChI is InChI=1S/C18H17ClN2O3/c1-23-16-10-15(17(24-2)9-14(16)19)21-18(22)8-7-12-3-5-13(11-20)6-4-12/h3-6,9-10H,7-8H2,1-2H3,(H,21,22). The van der Waals surface area contributed by atoms with Crippen LogP contribution in [0.4, 0.5) is 5.69 Å². The maximum Gasteiger partial charge on any atom is 0.224 e. The fourth-order valence-corrected chi connectivity index (χ4v) is 2.41. The number of ether oxygens (including phenoxy) is 2. The molecule has 0 fully saturated rings. The summed E-state index contributed by atoms with van der Waals surface area (Å²) < 4.78 is 10.4.